The minimum atomic E-state index is -0.421. The molecule has 4 N–H and O–H groups in total. The highest BCUT2D eigenvalue weighted by atomic mass is 16.5. The number of hydrogen-bond donors (Lipinski definition) is 2. The van der Waals surface area contributed by atoms with E-state index >= 15 is 0 Å². The van der Waals surface area contributed by atoms with Crippen molar-refractivity contribution in [1.29, 1.82) is 0 Å². The molecule has 9 atom stereocenters. The fourth-order valence-corrected chi connectivity index (χ4v) is 11.9. The monoisotopic (exact) mass is 614 g/mol. The van der Waals surface area contributed by atoms with Gasteiger partial charge in [0.1, 0.15) is 6.61 Å². The minimum Gasteiger partial charge on any atom is -0.460 e. The number of fused-ring (bicyclic) bond motifs is 7. The van der Waals surface area contributed by atoms with Crippen molar-refractivity contribution in [3.8, 4) is 0 Å². The number of hydrogen-bond acceptors (Lipinski definition) is 4. The summed E-state index contributed by atoms with van der Waals surface area (Å²) >= 11 is 0. The van der Waals surface area contributed by atoms with Gasteiger partial charge in [0, 0.05) is 11.1 Å². The molecule has 0 saturated heterocycles. The van der Waals surface area contributed by atoms with Crippen molar-refractivity contribution >= 4 is 17.6 Å². The molecule has 246 valence electrons. The first-order valence-corrected chi connectivity index (χ1v) is 17.7. The van der Waals surface area contributed by atoms with Crippen molar-refractivity contribution < 1.29 is 9.53 Å². The van der Waals surface area contributed by atoms with E-state index in [-0.39, 0.29) is 39.5 Å². The maximum absolute atomic E-state index is 14.3. The molecule has 0 heterocycles. The molecule has 0 spiro atoms. The van der Waals surface area contributed by atoms with Crippen LogP contribution in [0.1, 0.15) is 117 Å². The molecule has 1 aromatic carbocycles. The van der Waals surface area contributed by atoms with Crippen LogP contribution in [-0.4, -0.2) is 17.6 Å². The highest BCUT2D eigenvalue weighted by Gasteiger charge is 2.69. The number of ether oxygens (including phenoxy) is 1. The number of rotatable bonds is 4. The van der Waals surface area contributed by atoms with Crippen molar-refractivity contribution in [3.05, 3.63) is 47.0 Å². The average Bonchev–Trinajstić information content (AvgIpc) is 2.98. The van der Waals surface area contributed by atoms with Crippen LogP contribution >= 0.6 is 0 Å². The Morgan fingerprint density at radius 1 is 0.933 bits per heavy atom. The second kappa shape index (κ2) is 11.0. The quantitative estimate of drug-likeness (QED) is 0.117. The summed E-state index contributed by atoms with van der Waals surface area (Å²) in [5, 5.41) is 8.66. The van der Waals surface area contributed by atoms with Gasteiger partial charge < -0.3 is 16.2 Å². The van der Waals surface area contributed by atoms with Gasteiger partial charge in [0.05, 0.1) is 5.41 Å². The molecule has 6 rings (SSSR count). The molecule has 4 saturated carbocycles. The van der Waals surface area contributed by atoms with Gasteiger partial charge in [-0.3, -0.25) is 4.79 Å². The summed E-state index contributed by atoms with van der Waals surface area (Å²) in [5.41, 5.74) is 16.3. The predicted molar refractivity (Wildman–Crippen MR) is 183 cm³/mol. The fourth-order valence-electron chi connectivity index (χ4n) is 11.9. The summed E-state index contributed by atoms with van der Waals surface area (Å²) < 4.78 is 6.25. The average molecular weight is 615 g/mol. The third-order valence-electron chi connectivity index (χ3n) is 15.0. The number of nitrogens with zero attached hydrogens (tertiary/aromatic N) is 2. The fraction of sp³-hybridized carbons (Fsp3) is 0.718. The first kappa shape index (κ1) is 32.3. The van der Waals surface area contributed by atoms with Crippen LogP contribution in [0.3, 0.4) is 0 Å². The molecule has 6 heteroatoms. The van der Waals surface area contributed by atoms with Crippen molar-refractivity contribution in [3.63, 3.8) is 0 Å². The molecule has 0 unspecified atom stereocenters. The van der Waals surface area contributed by atoms with E-state index in [4.69, 9.17) is 16.2 Å². The Kier molecular flexibility index (Phi) is 7.88. The smallest absolute Gasteiger partial charge is 0.313 e. The van der Waals surface area contributed by atoms with Gasteiger partial charge in [-0.1, -0.05) is 89.9 Å². The lowest BCUT2D eigenvalue weighted by Gasteiger charge is -2.71. The van der Waals surface area contributed by atoms with Crippen molar-refractivity contribution in [1.82, 2.24) is 0 Å². The van der Waals surface area contributed by atoms with Crippen LogP contribution in [0, 0.1) is 63.6 Å². The Labute approximate surface area is 271 Å². The van der Waals surface area contributed by atoms with Crippen LogP contribution in [0.15, 0.2) is 46.1 Å². The van der Waals surface area contributed by atoms with Crippen molar-refractivity contribution in [2.24, 2.45) is 78.3 Å². The first-order valence-electron chi connectivity index (χ1n) is 17.7. The van der Waals surface area contributed by atoms with Crippen LogP contribution < -0.4 is 11.5 Å². The summed E-state index contributed by atoms with van der Waals surface area (Å²) in [4.78, 5) is 14.3. The summed E-state index contributed by atoms with van der Waals surface area (Å²) in [7, 11) is 0. The Morgan fingerprint density at radius 2 is 1.64 bits per heavy atom. The zero-order chi connectivity index (χ0) is 32.6. The lowest BCUT2D eigenvalue weighted by molar-refractivity contribution is -0.185. The van der Waals surface area contributed by atoms with Crippen LogP contribution in [0.2, 0.25) is 0 Å². The molecular formula is C39H58N4O2. The van der Waals surface area contributed by atoms with Crippen molar-refractivity contribution in [2.45, 2.75) is 120 Å². The van der Waals surface area contributed by atoms with Gasteiger partial charge in [0.15, 0.2) is 0 Å². The molecule has 0 aromatic heterocycles. The van der Waals surface area contributed by atoms with Gasteiger partial charge in [-0.25, -0.2) is 0 Å². The number of carbonyl (C=O) groups excluding carboxylic acids is 1. The number of esters is 1. The van der Waals surface area contributed by atoms with E-state index in [1.54, 1.807) is 5.57 Å². The van der Waals surface area contributed by atoms with Gasteiger partial charge in [-0.2, -0.15) is 5.10 Å². The first-order chi connectivity index (χ1) is 21.1. The maximum Gasteiger partial charge on any atom is 0.313 e. The molecule has 0 amide bonds. The minimum absolute atomic E-state index is 0.0272. The number of guanidine groups is 1. The van der Waals surface area contributed by atoms with Crippen LogP contribution in [-0.2, 0) is 16.1 Å². The molecular weight excluding hydrogens is 556 g/mol. The van der Waals surface area contributed by atoms with Gasteiger partial charge in [-0.15, -0.1) is 5.10 Å². The molecule has 5 aliphatic carbocycles. The van der Waals surface area contributed by atoms with Crippen molar-refractivity contribution in [2.75, 3.05) is 0 Å². The van der Waals surface area contributed by atoms with Crippen LogP contribution in [0.25, 0.3) is 0 Å². The summed E-state index contributed by atoms with van der Waals surface area (Å²) in [6.45, 7) is 19.8. The lowest BCUT2D eigenvalue weighted by Crippen LogP contribution is -2.65. The Bertz CT molecular complexity index is 1420. The van der Waals surface area contributed by atoms with E-state index in [0.717, 1.165) is 56.2 Å². The second-order valence-electron chi connectivity index (χ2n) is 17.2. The standard InChI is InChI=1S/C39H58N4O2/c1-24-9-11-27(12-10-24)23-45-33(44)39-20-15-25(2)26(3)32(39)28-13-14-30-36(6)18-17-31(42-43-34(40)41)35(4,5)29(36)16-19-38(30,8)37(28,7)21-22-39/h9-13,25-26,29-30,32H,14-23H2,1-8H3,(H4,40,41,43)/b42-31+/t25-,26+,29+,30-,32+,36+,37-,38-,39+/m1/s1. The molecule has 5 aliphatic rings. The Morgan fingerprint density at radius 3 is 2.33 bits per heavy atom. The third kappa shape index (κ3) is 4.74. The number of allylic oxidation sites excluding steroid dienone is 2. The number of aryl methyl sites for hydroxylation is 1. The normalized spacial score (nSPS) is 42.7. The number of carbonyl (C=O) groups is 1. The SMILES string of the molecule is Cc1ccc(COC(=O)[C@]23CC[C@@H](C)[C@H](C)[C@H]2C2=CC[C@@H]4[C@@]5(C)CC/C(=N\N=C(N)N)C(C)(C)[C@@H]5CC[C@@]4(C)[C@]2(C)CC3)cc1. The molecule has 4 fully saturated rings. The van der Waals surface area contributed by atoms with Gasteiger partial charge >= 0.3 is 5.97 Å². The number of nitrogens with two attached hydrogens (primary N) is 2. The topological polar surface area (TPSA) is 103 Å². The molecule has 1 aromatic rings. The van der Waals surface area contributed by atoms with E-state index in [1.807, 2.05) is 0 Å². The van der Waals surface area contributed by atoms with Crippen LogP contribution in [0.5, 0.6) is 0 Å². The maximum atomic E-state index is 14.3. The number of benzene rings is 1. The molecule has 45 heavy (non-hydrogen) atoms. The van der Waals surface area contributed by atoms with E-state index in [1.165, 1.54) is 18.4 Å². The second-order valence-corrected chi connectivity index (χ2v) is 17.2. The zero-order valence-electron chi connectivity index (χ0n) is 29.2. The van der Waals surface area contributed by atoms with E-state index < -0.39 is 5.41 Å². The van der Waals surface area contributed by atoms with Gasteiger partial charge in [0.2, 0.25) is 5.96 Å². The van der Waals surface area contributed by atoms with E-state index in [0.29, 0.717) is 30.3 Å². The van der Waals surface area contributed by atoms with Gasteiger partial charge in [0.25, 0.3) is 0 Å². The summed E-state index contributed by atoms with van der Waals surface area (Å²) in [5.74, 6) is 2.47. The molecule has 0 bridgehead atoms. The zero-order valence-corrected chi connectivity index (χ0v) is 29.2. The third-order valence-corrected chi connectivity index (χ3v) is 15.0. The summed E-state index contributed by atoms with van der Waals surface area (Å²) in [6.07, 6.45) is 12.2. The predicted octanol–water partition coefficient (Wildman–Crippen LogP) is 8.33. The summed E-state index contributed by atoms with van der Waals surface area (Å²) in [6, 6.07) is 8.38. The molecule has 6 nitrogen and oxygen atoms in total. The Hall–Kier alpha value is -2.63. The van der Waals surface area contributed by atoms with E-state index in [2.05, 4.69) is 95.9 Å². The highest BCUT2D eigenvalue weighted by molar-refractivity contribution is 5.91. The molecule has 0 radical (unpaired) electrons. The Balaban J connectivity index is 1.34. The van der Waals surface area contributed by atoms with Crippen LogP contribution in [0.4, 0.5) is 0 Å². The largest absolute Gasteiger partial charge is 0.460 e. The van der Waals surface area contributed by atoms with E-state index in [9.17, 15) is 4.79 Å². The lowest BCUT2D eigenvalue weighted by atomic mass is 9.33. The highest BCUT2D eigenvalue weighted by Crippen LogP contribution is 2.75. The van der Waals surface area contributed by atoms with Gasteiger partial charge in [-0.05, 0) is 116 Å². The molecule has 0 aliphatic heterocycles.